The van der Waals surface area contributed by atoms with E-state index in [-0.39, 0.29) is 5.91 Å². The van der Waals surface area contributed by atoms with Crippen molar-refractivity contribution in [1.29, 1.82) is 0 Å². The molecule has 0 atom stereocenters. The Labute approximate surface area is 153 Å². The van der Waals surface area contributed by atoms with Crippen molar-refractivity contribution in [2.75, 3.05) is 5.32 Å². The van der Waals surface area contributed by atoms with Gasteiger partial charge in [-0.2, -0.15) is 0 Å². The van der Waals surface area contributed by atoms with Crippen LogP contribution in [0.15, 0.2) is 56.1 Å². The van der Waals surface area contributed by atoms with Crippen molar-refractivity contribution >= 4 is 45.1 Å². The fourth-order valence-corrected chi connectivity index (χ4v) is 3.25. The van der Waals surface area contributed by atoms with E-state index in [1.54, 1.807) is 30.3 Å². The molecule has 0 saturated carbocycles. The highest BCUT2D eigenvalue weighted by Crippen LogP contribution is 2.37. The molecule has 0 unspecified atom stereocenters. The van der Waals surface area contributed by atoms with Gasteiger partial charge in [-0.15, -0.1) is 0 Å². The van der Waals surface area contributed by atoms with Crippen molar-refractivity contribution < 1.29 is 13.6 Å². The third kappa shape index (κ3) is 2.76. The number of anilines is 1. The molecule has 0 aliphatic rings. The average molecular weight is 368 g/mol. The molecule has 1 N–H and O–H groups in total. The molecule has 1 amide bonds. The number of hydrogen-bond donors (Lipinski definition) is 1. The monoisotopic (exact) mass is 367 g/mol. The van der Waals surface area contributed by atoms with Gasteiger partial charge in [0.1, 0.15) is 16.9 Å². The van der Waals surface area contributed by atoms with Crippen molar-refractivity contribution in [3.05, 3.63) is 63.5 Å². The lowest BCUT2D eigenvalue weighted by Crippen LogP contribution is -2.06. The van der Waals surface area contributed by atoms with Crippen LogP contribution in [0, 0.1) is 6.92 Å². The van der Waals surface area contributed by atoms with Crippen LogP contribution >= 0.6 is 11.6 Å². The van der Waals surface area contributed by atoms with Crippen LogP contribution in [0.2, 0.25) is 5.02 Å². The maximum Gasteiger partial charge on any atom is 0.336 e. The maximum absolute atomic E-state index is 12.1. The summed E-state index contributed by atoms with van der Waals surface area (Å²) in [5, 5.41) is 4.90. The molecule has 0 aliphatic heterocycles. The number of aryl methyl sites for hydroxylation is 1. The summed E-state index contributed by atoms with van der Waals surface area (Å²) in [6.45, 7) is 3.34. The van der Waals surface area contributed by atoms with Gasteiger partial charge in [0.05, 0.1) is 0 Å². The molecule has 0 saturated heterocycles. The Balaban J connectivity index is 1.98. The van der Waals surface area contributed by atoms with E-state index >= 15 is 0 Å². The number of carbonyl (C=O) groups excluding carboxylic acids is 1. The van der Waals surface area contributed by atoms with Crippen LogP contribution in [-0.4, -0.2) is 5.91 Å². The van der Waals surface area contributed by atoms with Crippen LogP contribution in [0.25, 0.3) is 33.3 Å². The lowest BCUT2D eigenvalue weighted by atomic mass is 10.0. The summed E-state index contributed by atoms with van der Waals surface area (Å²) >= 11 is 6.08. The number of rotatable bonds is 2. The fourth-order valence-electron chi connectivity index (χ4n) is 3.08. The standard InChI is InChI=1S/C20H14ClNO4/c1-10-15-7-12(21)3-6-17(15)26-20(10)16-9-19(24)25-18-8-13(22-11(2)23)4-5-14(16)18/h3-9H,1-2H3,(H,22,23). The molecule has 130 valence electrons. The second kappa shape index (κ2) is 6.04. The van der Waals surface area contributed by atoms with E-state index in [1.807, 2.05) is 13.0 Å². The highest BCUT2D eigenvalue weighted by molar-refractivity contribution is 6.31. The first-order chi connectivity index (χ1) is 12.4. The van der Waals surface area contributed by atoms with E-state index in [0.29, 0.717) is 38.6 Å². The molecule has 2 aromatic carbocycles. The summed E-state index contributed by atoms with van der Waals surface area (Å²) in [7, 11) is 0. The van der Waals surface area contributed by atoms with Gasteiger partial charge in [0, 0.05) is 51.7 Å². The Hall–Kier alpha value is -3.05. The van der Waals surface area contributed by atoms with Crippen molar-refractivity contribution in [3.8, 4) is 11.3 Å². The summed E-state index contributed by atoms with van der Waals surface area (Å²) in [4.78, 5) is 23.3. The number of benzene rings is 2. The van der Waals surface area contributed by atoms with Gasteiger partial charge in [-0.3, -0.25) is 4.79 Å². The van der Waals surface area contributed by atoms with Crippen molar-refractivity contribution in [3.63, 3.8) is 0 Å². The number of halogens is 1. The first-order valence-corrected chi connectivity index (χ1v) is 8.35. The van der Waals surface area contributed by atoms with Gasteiger partial charge in [0.15, 0.2) is 0 Å². The average Bonchev–Trinajstić information content (AvgIpc) is 2.89. The van der Waals surface area contributed by atoms with E-state index in [2.05, 4.69) is 5.32 Å². The molecule has 0 radical (unpaired) electrons. The zero-order chi connectivity index (χ0) is 18.4. The lowest BCUT2D eigenvalue weighted by molar-refractivity contribution is -0.114. The third-order valence-electron chi connectivity index (χ3n) is 4.21. The maximum atomic E-state index is 12.1. The Bertz CT molecular complexity index is 1240. The smallest absolute Gasteiger partial charge is 0.336 e. The van der Waals surface area contributed by atoms with Crippen molar-refractivity contribution in [2.24, 2.45) is 0 Å². The fraction of sp³-hybridized carbons (Fsp3) is 0.100. The van der Waals surface area contributed by atoms with E-state index in [1.165, 1.54) is 13.0 Å². The van der Waals surface area contributed by atoms with Crippen molar-refractivity contribution in [1.82, 2.24) is 0 Å². The largest absolute Gasteiger partial charge is 0.456 e. The minimum Gasteiger partial charge on any atom is -0.456 e. The number of hydrogen-bond acceptors (Lipinski definition) is 4. The summed E-state index contributed by atoms with van der Waals surface area (Å²) in [6.07, 6.45) is 0. The van der Waals surface area contributed by atoms with Crippen LogP contribution in [0.4, 0.5) is 5.69 Å². The van der Waals surface area contributed by atoms with Crippen LogP contribution in [0.1, 0.15) is 12.5 Å². The van der Waals surface area contributed by atoms with E-state index in [4.69, 9.17) is 20.4 Å². The summed E-state index contributed by atoms with van der Waals surface area (Å²) in [5.41, 5.74) is 2.65. The van der Waals surface area contributed by atoms with E-state index in [9.17, 15) is 9.59 Å². The first-order valence-electron chi connectivity index (χ1n) is 7.97. The summed E-state index contributed by atoms with van der Waals surface area (Å²) < 4.78 is 11.3. The molecule has 0 bridgehead atoms. The molecule has 0 spiro atoms. The van der Waals surface area contributed by atoms with Gasteiger partial charge in [-0.1, -0.05) is 11.6 Å². The molecule has 5 nitrogen and oxygen atoms in total. The predicted molar refractivity (Wildman–Crippen MR) is 102 cm³/mol. The Morgan fingerprint density at radius 2 is 1.81 bits per heavy atom. The Morgan fingerprint density at radius 1 is 1.00 bits per heavy atom. The zero-order valence-corrected chi connectivity index (χ0v) is 14.8. The van der Waals surface area contributed by atoms with Crippen LogP contribution < -0.4 is 10.9 Å². The van der Waals surface area contributed by atoms with Gasteiger partial charge in [-0.25, -0.2) is 4.79 Å². The van der Waals surface area contributed by atoms with Crippen LogP contribution in [0.5, 0.6) is 0 Å². The molecule has 0 fully saturated rings. The minimum atomic E-state index is -0.495. The highest BCUT2D eigenvalue weighted by Gasteiger charge is 2.17. The second-order valence-electron chi connectivity index (χ2n) is 6.07. The minimum absolute atomic E-state index is 0.201. The first kappa shape index (κ1) is 16.4. The number of carbonyl (C=O) groups is 1. The number of furan rings is 1. The predicted octanol–water partition coefficient (Wildman–Crippen LogP) is 5.13. The normalized spacial score (nSPS) is 11.2. The number of fused-ring (bicyclic) bond motifs is 2. The SMILES string of the molecule is CC(=O)Nc1ccc2c(-c3oc4ccc(Cl)cc4c3C)cc(=O)oc2c1. The molecular weight excluding hydrogens is 354 g/mol. The van der Waals surface area contributed by atoms with Gasteiger partial charge in [0.25, 0.3) is 0 Å². The molecular formula is C20H14ClNO4. The van der Waals surface area contributed by atoms with Gasteiger partial charge in [0.2, 0.25) is 5.91 Å². The molecule has 0 aliphatic carbocycles. The quantitative estimate of drug-likeness (QED) is 0.499. The summed E-state index contributed by atoms with van der Waals surface area (Å²) in [6, 6.07) is 12.0. The Kier molecular flexibility index (Phi) is 3.81. The van der Waals surface area contributed by atoms with Crippen molar-refractivity contribution in [2.45, 2.75) is 13.8 Å². The van der Waals surface area contributed by atoms with E-state index < -0.39 is 5.63 Å². The van der Waals surface area contributed by atoms with Gasteiger partial charge in [-0.05, 0) is 37.3 Å². The third-order valence-corrected chi connectivity index (χ3v) is 4.44. The lowest BCUT2D eigenvalue weighted by Gasteiger charge is -2.07. The van der Waals surface area contributed by atoms with Gasteiger partial charge < -0.3 is 14.2 Å². The number of amides is 1. The zero-order valence-electron chi connectivity index (χ0n) is 14.1. The highest BCUT2D eigenvalue weighted by atomic mass is 35.5. The topological polar surface area (TPSA) is 72.5 Å². The summed E-state index contributed by atoms with van der Waals surface area (Å²) in [5.74, 6) is 0.389. The number of nitrogens with one attached hydrogen (secondary N) is 1. The second-order valence-corrected chi connectivity index (χ2v) is 6.50. The Morgan fingerprint density at radius 3 is 2.58 bits per heavy atom. The molecule has 4 aromatic rings. The molecule has 6 heteroatoms. The molecule has 2 aromatic heterocycles. The van der Waals surface area contributed by atoms with Gasteiger partial charge >= 0.3 is 5.63 Å². The van der Waals surface area contributed by atoms with E-state index in [0.717, 1.165) is 10.9 Å². The molecule has 26 heavy (non-hydrogen) atoms. The molecule has 2 heterocycles. The van der Waals surface area contributed by atoms with Crippen LogP contribution in [0.3, 0.4) is 0 Å². The molecule has 4 rings (SSSR count). The van der Waals surface area contributed by atoms with Crippen LogP contribution in [-0.2, 0) is 4.79 Å².